The molecule has 5 nitrogen and oxygen atoms in total. The van der Waals surface area contributed by atoms with E-state index in [-0.39, 0.29) is 0 Å². The number of halogens is 2. The van der Waals surface area contributed by atoms with Crippen molar-refractivity contribution in [3.8, 4) is 0 Å². The van der Waals surface area contributed by atoms with Gasteiger partial charge in [-0.3, -0.25) is 10.00 Å². The van der Waals surface area contributed by atoms with Crippen molar-refractivity contribution in [1.29, 1.82) is 0 Å². The molecule has 0 spiro atoms. The van der Waals surface area contributed by atoms with Crippen LogP contribution in [0.4, 0.5) is 19.3 Å². The van der Waals surface area contributed by atoms with Crippen LogP contribution in [-0.2, 0) is 11.3 Å². The van der Waals surface area contributed by atoms with Crippen LogP contribution < -0.4 is 5.32 Å². The quantitative estimate of drug-likeness (QED) is 0.910. The van der Waals surface area contributed by atoms with Crippen LogP contribution in [0.15, 0.2) is 12.4 Å². The van der Waals surface area contributed by atoms with E-state index in [1.54, 1.807) is 20.8 Å². The van der Waals surface area contributed by atoms with Gasteiger partial charge in [-0.1, -0.05) is 0 Å². The molecule has 1 N–H and O–H groups in total. The third-order valence-corrected chi connectivity index (χ3v) is 1.72. The number of hydrogen-bond acceptors (Lipinski definition) is 3. The van der Waals surface area contributed by atoms with Crippen molar-refractivity contribution in [2.24, 2.45) is 0 Å². The fourth-order valence-corrected chi connectivity index (χ4v) is 1.22. The van der Waals surface area contributed by atoms with Crippen LogP contribution in [0.2, 0.25) is 0 Å². The molecule has 102 valence electrons. The predicted octanol–water partition coefficient (Wildman–Crippen LogP) is 2.89. The van der Waals surface area contributed by atoms with E-state index in [1.165, 1.54) is 12.4 Å². The molecule has 1 amide bonds. The van der Waals surface area contributed by atoms with E-state index in [1.807, 2.05) is 0 Å². The summed E-state index contributed by atoms with van der Waals surface area (Å²) in [4.78, 5) is 11.4. The highest BCUT2D eigenvalue weighted by molar-refractivity contribution is 5.84. The second-order valence-electron chi connectivity index (χ2n) is 5.12. The molecule has 0 saturated carbocycles. The van der Waals surface area contributed by atoms with Gasteiger partial charge in [-0.05, 0) is 20.8 Å². The molecular formula is C11H17F2N3O2. The third kappa shape index (κ3) is 5.60. The average Bonchev–Trinajstić information content (AvgIpc) is 2.44. The fraction of sp³-hybridized carbons (Fsp3) is 0.636. The molecule has 0 aliphatic rings. The highest BCUT2D eigenvalue weighted by atomic mass is 19.3. The Balaban J connectivity index is 2.57. The Morgan fingerprint density at radius 2 is 2.06 bits per heavy atom. The van der Waals surface area contributed by atoms with Crippen molar-refractivity contribution in [2.75, 3.05) is 5.32 Å². The molecule has 7 heteroatoms. The highest BCUT2D eigenvalue weighted by Gasteiger charge is 2.22. The number of nitrogens with one attached hydrogen (secondary N) is 1. The highest BCUT2D eigenvalue weighted by Crippen LogP contribution is 2.16. The van der Waals surface area contributed by atoms with Gasteiger partial charge in [0.05, 0.1) is 11.9 Å². The standard InChI is InChI=1S/C11H17F2N3O2/c1-10(2,3)18-9(17)15-8-5-14-16(6-8)7-11(4,12)13/h5-6H,7H2,1-4H3,(H,15,17). The van der Waals surface area contributed by atoms with Crippen molar-refractivity contribution in [3.63, 3.8) is 0 Å². The van der Waals surface area contributed by atoms with Gasteiger partial charge in [0.1, 0.15) is 12.1 Å². The van der Waals surface area contributed by atoms with Crippen molar-refractivity contribution >= 4 is 11.8 Å². The number of rotatable bonds is 3. The Labute approximate surface area is 104 Å². The first kappa shape index (κ1) is 14.4. The maximum atomic E-state index is 12.7. The Bertz CT molecular complexity index is 419. The molecule has 0 aromatic carbocycles. The molecule has 18 heavy (non-hydrogen) atoms. The number of carbonyl (C=O) groups excluding carboxylic acids is 1. The summed E-state index contributed by atoms with van der Waals surface area (Å²) in [6, 6.07) is 0. The number of hydrogen-bond donors (Lipinski definition) is 1. The minimum atomic E-state index is -2.85. The summed E-state index contributed by atoms with van der Waals surface area (Å²) in [5.41, 5.74) is -0.301. The van der Waals surface area contributed by atoms with Crippen molar-refractivity contribution in [1.82, 2.24) is 9.78 Å². The molecular weight excluding hydrogens is 244 g/mol. The van der Waals surface area contributed by atoms with Gasteiger partial charge in [0.2, 0.25) is 0 Å². The lowest BCUT2D eigenvalue weighted by molar-refractivity contribution is 0.000608. The topological polar surface area (TPSA) is 56.2 Å². The minimum Gasteiger partial charge on any atom is -0.444 e. The molecule has 0 atom stereocenters. The van der Waals surface area contributed by atoms with Gasteiger partial charge in [0, 0.05) is 13.1 Å². The average molecular weight is 261 g/mol. The second kappa shape index (κ2) is 4.91. The van der Waals surface area contributed by atoms with Crippen molar-refractivity contribution in [2.45, 2.75) is 45.8 Å². The molecule has 1 rings (SSSR count). The number of anilines is 1. The largest absolute Gasteiger partial charge is 0.444 e. The van der Waals surface area contributed by atoms with E-state index in [0.717, 1.165) is 11.6 Å². The number of amides is 1. The van der Waals surface area contributed by atoms with E-state index >= 15 is 0 Å². The Morgan fingerprint density at radius 1 is 1.44 bits per heavy atom. The summed E-state index contributed by atoms with van der Waals surface area (Å²) in [7, 11) is 0. The van der Waals surface area contributed by atoms with Gasteiger partial charge in [-0.25, -0.2) is 13.6 Å². The molecule has 0 saturated heterocycles. The molecule has 0 fully saturated rings. The first-order valence-corrected chi connectivity index (χ1v) is 5.45. The number of nitrogens with zero attached hydrogens (tertiary/aromatic N) is 2. The van der Waals surface area contributed by atoms with Crippen LogP contribution in [0.1, 0.15) is 27.7 Å². The van der Waals surface area contributed by atoms with E-state index in [0.29, 0.717) is 5.69 Å². The fourth-order valence-electron chi connectivity index (χ4n) is 1.22. The Morgan fingerprint density at radius 3 is 2.56 bits per heavy atom. The molecule has 1 aromatic heterocycles. The second-order valence-corrected chi connectivity index (χ2v) is 5.12. The lowest BCUT2D eigenvalue weighted by Crippen LogP contribution is -2.27. The molecule has 0 aliphatic heterocycles. The SMILES string of the molecule is CC(F)(F)Cn1cc(NC(=O)OC(C)(C)C)cn1. The zero-order chi connectivity index (χ0) is 14.0. The number of carbonyl (C=O) groups is 1. The van der Waals surface area contributed by atoms with E-state index in [4.69, 9.17) is 4.74 Å². The summed E-state index contributed by atoms with van der Waals surface area (Å²) >= 11 is 0. The van der Waals surface area contributed by atoms with E-state index < -0.39 is 24.2 Å². The van der Waals surface area contributed by atoms with Crippen LogP contribution in [0.3, 0.4) is 0 Å². The Hall–Kier alpha value is -1.66. The monoisotopic (exact) mass is 261 g/mol. The van der Waals surface area contributed by atoms with Crippen molar-refractivity contribution in [3.05, 3.63) is 12.4 Å². The van der Waals surface area contributed by atoms with Gasteiger partial charge >= 0.3 is 6.09 Å². The lowest BCUT2D eigenvalue weighted by atomic mass is 10.2. The van der Waals surface area contributed by atoms with Crippen LogP contribution in [0.5, 0.6) is 0 Å². The van der Waals surface area contributed by atoms with Crippen molar-refractivity contribution < 1.29 is 18.3 Å². The maximum Gasteiger partial charge on any atom is 0.412 e. The lowest BCUT2D eigenvalue weighted by Gasteiger charge is -2.19. The molecule has 0 unspecified atom stereocenters. The van der Waals surface area contributed by atoms with Gasteiger partial charge in [0.25, 0.3) is 5.92 Å². The molecule has 1 heterocycles. The van der Waals surface area contributed by atoms with Gasteiger partial charge < -0.3 is 4.74 Å². The first-order chi connectivity index (χ1) is 8.05. The zero-order valence-electron chi connectivity index (χ0n) is 10.8. The molecule has 0 aliphatic carbocycles. The molecule has 0 bridgehead atoms. The number of alkyl halides is 2. The van der Waals surface area contributed by atoms with E-state index in [9.17, 15) is 13.6 Å². The third-order valence-electron chi connectivity index (χ3n) is 1.72. The summed E-state index contributed by atoms with van der Waals surface area (Å²) in [5.74, 6) is -2.85. The predicted molar refractivity (Wildman–Crippen MR) is 62.7 cm³/mol. The normalized spacial score (nSPS) is 12.3. The summed E-state index contributed by atoms with van der Waals surface area (Å²) < 4.78 is 31.5. The van der Waals surface area contributed by atoms with Crippen LogP contribution >= 0.6 is 0 Å². The van der Waals surface area contributed by atoms with Crippen LogP contribution in [0.25, 0.3) is 0 Å². The van der Waals surface area contributed by atoms with E-state index in [2.05, 4.69) is 10.4 Å². The Kier molecular flexibility index (Phi) is 3.93. The van der Waals surface area contributed by atoms with Gasteiger partial charge in [0.15, 0.2) is 0 Å². The summed E-state index contributed by atoms with van der Waals surface area (Å²) in [6.45, 7) is 5.45. The minimum absolute atomic E-state index is 0.313. The number of ether oxygens (including phenoxy) is 1. The smallest absolute Gasteiger partial charge is 0.412 e. The maximum absolute atomic E-state index is 12.7. The van der Waals surface area contributed by atoms with Crippen LogP contribution in [-0.4, -0.2) is 27.4 Å². The first-order valence-electron chi connectivity index (χ1n) is 5.45. The van der Waals surface area contributed by atoms with Gasteiger partial charge in [-0.15, -0.1) is 0 Å². The number of aromatic nitrogens is 2. The summed E-state index contributed by atoms with van der Waals surface area (Å²) in [5, 5.41) is 6.13. The molecule has 0 radical (unpaired) electrons. The molecule has 1 aromatic rings. The van der Waals surface area contributed by atoms with Gasteiger partial charge in [-0.2, -0.15) is 5.10 Å². The zero-order valence-corrected chi connectivity index (χ0v) is 10.8. The van der Waals surface area contributed by atoms with Crippen LogP contribution in [0, 0.1) is 0 Å². The summed E-state index contributed by atoms with van der Waals surface area (Å²) in [6.07, 6.45) is 1.96.